The molecule has 4 nitrogen and oxygen atoms in total. The number of rotatable bonds is 2. The first-order valence-corrected chi connectivity index (χ1v) is 5.45. The standard InChI is InChI=1S/C12H16N2O2/c1-9(15)14-11-4-2-3-10(7-11)12-8-13-5-6-16-12/h2-4,7,12-13H,5-6,8H2,1H3,(H,14,15). The zero-order valence-corrected chi connectivity index (χ0v) is 9.32. The third-order valence-electron chi connectivity index (χ3n) is 2.51. The fourth-order valence-electron chi connectivity index (χ4n) is 1.80. The van der Waals surface area contributed by atoms with Crippen LogP contribution >= 0.6 is 0 Å². The number of hydrogen-bond acceptors (Lipinski definition) is 3. The van der Waals surface area contributed by atoms with Crippen molar-refractivity contribution in [3.05, 3.63) is 29.8 Å². The number of ether oxygens (including phenoxy) is 1. The summed E-state index contributed by atoms with van der Waals surface area (Å²) >= 11 is 0. The van der Waals surface area contributed by atoms with Gasteiger partial charge >= 0.3 is 0 Å². The molecule has 4 heteroatoms. The Balaban J connectivity index is 2.11. The Kier molecular flexibility index (Phi) is 3.54. The van der Waals surface area contributed by atoms with E-state index in [0.717, 1.165) is 30.9 Å². The number of anilines is 1. The van der Waals surface area contributed by atoms with Gasteiger partial charge in [0.2, 0.25) is 5.91 Å². The van der Waals surface area contributed by atoms with Crippen LogP contribution in [-0.4, -0.2) is 25.6 Å². The van der Waals surface area contributed by atoms with Gasteiger partial charge in [0.1, 0.15) is 0 Å². The molecular formula is C12H16N2O2. The summed E-state index contributed by atoms with van der Waals surface area (Å²) < 4.78 is 5.65. The molecule has 0 saturated carbocycles. The highest BCUT2D eigenvalue weighted by atomic mass is 16.5. The summed E-state index contributed by atoms with van der Waals surface area (Å²) in [5.74, 6) is -0.0557. The van der Waals surface area contributed by atoms with Gasteiger partial charge in [-0.3, -0.25) is 4.79 Å². The number of carbonyl (C=O) groups is 1. The molecule has 1 unspecified atom stereocenters. The molecule has 16 heavy (non-hydrogen) atoms. The Morgan fingerprint density at radius 3 is 3.12 bits per heavy atom. The lowest BCUT2D eigenvalue weighted by molar-refractivity contribution is -0.114. The summed E-state index contributed by atoms with van der Waals surface area (Å²) in [4.78, 5) is 10.9. The van der Waals surface area contributed by atoms with E-state index in [1.165, 1.54) is 6.92 Å². The molecule has 1 aromatic rings. The first-order chi connectivity index (χ1) is 7.75. The predicted molar refractivity (Wildman–Crippen MR) is 62.3 cm³/mol. The zero-order chi connectivity index (χ0) is 11.4. The van der Waals surface area contributed by atoms with E-state index in [0.29, 0.717) is 0 Å². The quantitative estimate of drug-likeness (QED) is 0.790. The molecule has 1 aliphatic rings. The van der Waals surface area contributed by atoms with Gasteiger partial charge in [0, 0.05) is 25.7 Å². The van der Waals surface area contributed by atoms with E-state index >= 15 is 0 Å². The van der Waals surface area contributed by atoms with Gasteiger partial charge in [0.15, 0.2) is 0 Å². The molecule has 0 bridgehead atoms. The lowest BCUT2D eigenvalue weighted by Crippen LogP contribution is -2.33. The fraction of sp³-hybridized carbons (Fsp3) is 0.417. The summed E-state index contributed by atoms with van der Waals surface area (Å²) in [6, 6.07) is 7.78. The molecule has 0 aliphatic carbocycles. The molecule has 1 aliphatic heterocycles. The highest BCUT2D eigenvalue weighted by molar-refractivity contribution is 5.88. The van der Waals surface area contributed by atoms with Crippen LogP contribution in [0.4, 0.5) is 5.69 Å². The van der Waals surface area contributed by atoms with Crippen LogP contribution in [0.25, 0.3) is 0 Å². The molecule has 1 fully saturated rings. The number of benzene rings is 1. The van der Waals surface area contributed by atoms with Gasteiger partial charge < -0.3 is 15.4 Å². The van der Waals surface area contributed by atoms with Crippen molar-refractivity contribution in [3.8, 4) is 0 Å². The monoisotopic (exact) mass is 220 g/mol. The van der Waals surface area contributed by atoms with Crippen LogP contribution in [0.2, 0.25) is 0 Å². The molecule has 1 heterocycles. The smallest absolute Gasteiger partial charge is 0.221 e. The van der Waals surface area contributed by atoms with Crippen molar-refractivity contribution >= 4 is 11.6 Å². The van der Waals surface area contributed by atoms with Gasteiger partial charge in [-0.1, -0.05) is 12.1 Å². The maximum absolute atomic E-state index is 10.9. The van der Waals surface area contributed by atoms with Crippen molar-refractivity contribution in [3.63, 3.8) is 0 Å². The summed E-state index contributed by atoms with van der Waals surface area (Å²) in [5, 5.41) is 6.05. The van der Waals surface area contributed by atoms with E-state index in [1.54, 1.807) is 0 Å². The van der Waals surface area contributed by atoms with Crippen LogP contribution in [0.1, 0.15) is 18.6 Å². The molecule has 2 N–H and O–H groups in total. The van der Waals surface area contributed by atoms with Gasteiger partial charge in [-0.2, -0.15) is 0 Å². The SMILES string of the molecule is CC(=O)Nc1cccc(C2CNCCO2)c1. The minimum absolute atomic E-state index is 0.0557. The summed E-state index contributed by atoms with van der Waals surface area (Å²) in [6.07, 6.45) is 0.0856. The molecule has 1 aromatic carbocycles. The molecule has 2 rings (SSSR count). The topological polar surface area (TPSA) is 50.4 Å². The summed E-state index contributed by atoms with van der Waals surface area (Å²) in [7, 11) is 0. The number of hydrogen-bond donors (Lipinski definition) is 2. The molecule has 1 saturated heterocycles. The van der Waals surface area contributed by atoms with Gasteiger partial charge in [-0.15, -0.1) is 0 Å². The summed E-state index contributed by atoms with van der Waals surface area (Å²) in [5.41, 5.74) is 1.91. The Labute approximate surface area is 95.0 Å². The fourth-order valence-corrected chi connectivity index (χ4v) is 1.80. The first kappa shape index (κ1) is 11.1. The number of amides is 1. The highest BCUT2D eigenvalue weighted by Gasteiger charge is 2.15. The second kappa shape index (κ2) is 5.09. The molecule has 1 atom stereocenters. The van der Waals surface area contributed by atoms with E-state index in [9.17, 15) is 4.79 Å². The van der Waals surface area contributed by atoms with Crippen LogP contribution in [0.15, 0.2) is 24.3 Å². The Morgan fingerprint density at radius 1 is 1.56 bits per heavy atom. The van der Waals surface area contributed by atoms with E-state index in [1.807, 2.05) is 24.3 Å². The van der Waals surface area contributed by atoms with Crippen LogP contribution in [0.3, 0.4) is 0 Å². The van der Waals surface area contributed by atoms with Crippen LogP contribution in [-0.2, 0) is 9.53 Å². The second-order valence-electron chi connectivity index (χ2n) is 3.87. The van der Waals surface area contributed by atoms with E-state index in [4.69, 9.17) is 4.74 Å². The minimum Gasteiger partial charge on any atom is -0.371 e. The maximum atomic E-state index is 10.9. The predicted octanol–water partition coefficient (Wildman–Crippen LogP) is 1.31. The summed E-state index contributed by atoms with van der Waals surface area (Å²) in [6.45, 7) is 3.96. The molecule has 0 radical (unpaired) electrons. The molecule has 0 aromatic heterocycles. The van der Waals surface area contributed by atoms with E-state index in [-0.39, 0.29) is 12.0 Å². The Bertz CT molecular complexity index is 373. The number of morpholine rings is 1. The Morgan fingerprint density at radius 2 is 2.44 bits per heavy atom. The third kappa shape index (κ3) is 2.81. The van der Waals surface area contributed by atoms with Crippen molar-refractivity contribution in [2.75, 3.05) is 25.0 Å². The van der Waals surface area contributed by atoms with Crippen molar-refractivity contribution < 1.29 is 9.53 Å². The average Bonchev–Trinajstić information content (AvgIpc) is 2.30. The number of carbonyl (C=O) groups excluding carboxylic acids is 1. The molecule has 0 spiro atoms. The van der Waals surface area contributed by atoms with E-state index in [2.05, 4.69) is 10.6 Å². The van der Waals surface area contributed by atoms with E-state index < -0.39 is 0 Å². The molecular weight excluding hydrogens is 204 g/mol. The van der Waals surface area contributed by atoms with Crippen LogP contribution in [0.5, 0.6) is 0 Å². The Hall–Kier alpha value is -1.39. The van der Waals surface area contributed by atoms with Crippen molar-refractivity contribution in [1.82, 2.24) is 5.32 Å². The van der Waals surface area contributed by atoms with Crippen molar-refractivity contribution in [1.29, 1.82) is 0 Å². The maximum Gasteiger partial charge on any atom is 0.221 e. The lowest BCUT2D eigenvalue weighted by Gasteiger charge is -2.24. The zero-order valence-electron chi connectivity index (χ0n) is 9.32. The normalized spacial score (nSPS) is 20.4. The van der Waals surface area contributed by atoms with Gasteiger partial charge in [0.05, 0.1) is 12.7 Å². The third-order valence-corrected chi connectivity index (χ3v) is 2.51. The average molecular weight is 220 g/mol. The first-order valence-electron chi connectivity index (χ1n) is 5.45. The van der Waals surface area contributed by atoms with Crippen LogP contribution < -0.4 is 10.6 Å². The van der Waals surface area contributed by atoms with Gasteiger partial charge in [-0.25, -0.2) is 0 Å². The molecule has 86 valence electrons. The van der Waals surface area contributed by atoms with Crippen molar-refractivity contribution in [2.45, 2.75) is 13.0 Å². The van der Waals surface area contributed by atoms with Crippen molar-refractivity contribution in [2.24, 2.45) is 0 Å². The largest absolute Gasteiger partial charge is 0.371 e. The number of nitrogens with one attached hydrogen (secondary N) is 2. The van der Waals surface area contributed by atoms with Gasteiger partial charge in [0.25, 0.3) is 0 Å². The highest BCUT2D eigenvalue weighted by Crippen LogP contribution is 2.21. The lowest BCUT2D eigenvalue weighted by atomic mass is 10.1. The second-order valence-corrected chi connectivity index (χ2v) is 3.87. The molecule has 1 amide bonds. The van der Waals surface area contributed by atoms with Gasteiger partial charge in [-0.05, 0) is 17.7 Å². The minimum atomic E-state index is -0.0557. The van der Waals surface area contributed by atoms with Crippen LogP contribution in [0, 0.1) is 0 Å².